The van der Waals surface area contributed by atoms with Crippen LogP contribution < -0.4 is 16.4 Å². The molecule has 1 aromatic carbocycles. The third kappa shape index (κ3) is 5.65. The summed E-state index contributed by atoms with van der Waals surface area (Å²) in [4.78, 5) is 24.9. The predicted octanol–water partition coefficient (Wildman–Crippen LogP) is 5.18. The molecule has 5 rings (SSSR count). The van der Waals surface area contributed by atoms with E-state index in [4.69, 9.17) is 15.5 Å². The van der Waals surface area contributed by atoms with E-state index in [9.17, 15) is 4.79 Å². The van der Waals surface area contributed by atoms with E-state index in [-0.39, 0.29) is 5.91 Å². The van der Waals surface area contributed by atoms with Gasteiger partial charge in [-0.2, -0.15) is 0 Å². The monoisotopic (exact) mass is 533 g/mol. The number of nitrogens with one attached hydrogen (secondary N) is 2. The first-order valence-corrected chi connectivity index (χ1v) is 13.3. The summed E-state index contributed by atoms with van der Waals surface area (Å²) >= 11 is 2.86. The molecule has 0 unspecified atom stereocenters. The summed E-state index contributed by atoms with van der Waals surface area (Å²) in [6.45, 7) is 2.27. The lowest BCUT2D eigenvalue weighted by Crippen LogP contribution is -2.23. The first-order chi connectivity index (χ1) is 18.0. The van der Waals surface area contributed by atoms with E-state index >= 15 is 0 Å². The average molecular weight is 534 g/mol. The molecule has 0 saturated carbocycles. The van der Waals surface area contributed by atoms with E-state index in [0.717, 1.165) is 46.0 Å². The SMILES string of the molecule is COCCN(C)Cc1cccc2ncc(-c3csc(Nc4ccc(C(=O)Nc5ccccc5N)s4)n3)n12. The van der Waals surface area contributed by atoms with Crippen LogP contribution in [-0.4, -0.2) is 52.5 Å². The fraction of sp³-hybridized carbons (Fsp3) is 0.192. The fourth-order valence-corrected chi connectivity index (χ4v) is 5.47. The zero-order chi connectivity index (χ0) is 25.8. The van der Waals surface area contributed by atoms with E-state index in [1.165, 1.54) is 22.7 Å². The minimum absolute atomic E-state index is 0.204. The quantitative estimate of drug-likeness (QED) is 0.212. The third-order valence-electron chi connectivity index (χ3n) is 5.75. The molecule has 0 radical (unpaired) electrons. The van der Waals surface area contributed by atoms with Crippen molar-refractivity contribution in [1.82, 2.24) is 19.3 Å². The second-order valence-corrected chi connectivity index (χ2v) is 10.4. The molecule has 190 valence electrons. The highest BCUT2D eigenvalue weighted by Gasteiger charge is 2.15. The third-order valence-corrected chi connectivity index (χ3v) is 7.51. The molecule has 5 aromatic rings. The second-order valence-electron chi connectivity index (χ2n) is 8.45. The molecule has 0 aliphatic carbocycles. The molecule has 0 aliphatic rings. The Hall–Kier alpha value is -3.77. The number of fused-ring (bicyclic) bond motifs is 1. The van der Waals surface area contributed by atoms with Gasteiger partial charge in [-0.3, -0.25) is 14.1 Å². The van der Waals surface area contributed by atoms with Gasteiger partial charge < -0.3 is 21.1 Å². The molecule has 0 fully saturated rings. The lowest BCUT2D eigenvalue weighted by atomic mass is 10.2. The molecule has 0 saturated heterocycles. The summed E-state index contributed by atoms with van der Waals surface area (Å²) < 4.78 is 7.35. The fourth-order valence-electron chi connectivity index (χ4n) is 3.89. The van der Waals surface area contributed by atoms with Crippen LogP contribution in [-0.2, 0) is 11.3 Å². The van der Waals surface area contributed by atoms with Gasteiger partial charge in [-0.1, -0.05) is 18.2 Å². The van der Waals surface area contributed by atoms with Gasteiger partial charge in [-0.15, -0.1) is 22.7 Å². The van der Waals surface area contributed by atoms with Crippen molar-refractivity contribution in [3.63, 3.8) is 0 Å². The zero-order valence-corrected chi connectivity index (χ0v) is 22.1. The maximum Gasteiger partial charge on any atom is 0.265 e. The largest absolute Gasteiger partial charge is 0.397 e. The predicted molar refractivity (Wildman–Crippen MR) is 151 cm³/mol. The number of hydrogen-bond donors (Lipinski definition) is 3. The van der Waals surface area contributed by atoms with Crippen LogP contribution in [0.25, 0.3) is 17.0 Å². The lowest BCUT2D eigenvalue weighted by molar-refractivity contribution is 0.103. The Morgan fingerprint density at radius 1 is 1.16 bits per heavy atom. The van der Waals surface area contributed by atoms with Crippen LogP contribution in [0.15, 0.2) is 66.2 Å². The van der Waals surface area contributed by atoms with Gasteiger partial charge in [0.2, 0.25) is 0 Å². The number of benzene rings is 1. The van der Waals surface area contributed by atoms with Crippen LogP contribution in [0.1, 0.15) is 15.4 Å². The van der Waals surface area contributed by atoms with E-state index in [1.807, 2.05) is 41.9 Å². The number of methoxy groups -OCH3 is 1. The molecular weight excluding hydrogens is 506 g/mol. The van der Waals surface area contributed by atoms with E-state index in [2.05, 4.69) is 38.0 Å². The molecule has 1 amide bonds. The molecule has 0 spiro atoms. The number of likely N-dealkylation sites (N-methyl/N-ethyl adjacent to an activating group) is 1. The Labute approximate surface area is 222 Å². The Balaban J connectivity index is 1.31. The highest BCUT2D eigenvalue weighted by Crippen LogP contribution is 2.32. The normalized spacial score (nSPS) is 11.3. The number of anilines is 4. The second kappa shape index (κ2) is 11.1. The van der Waals surface area contributed by atoms with E-state index in [1.54, 1.807) is 25.3 Å². The summed E-state index contributed by atoms with van der Waals surface area (Å²) in [5.74, 6) is -0.204. The molecule has 9 nitrogen and oxygen atoms in total. The first-order valence-electron chi connectivity index (χ1n) is 11.6. The van der Waals surface area contributed by atoms with Crippen LogP contribution in [0.4, 0.5) is 21.5 Å². The number of rotatable bonds is 10. The smallest absolute Gasteiger partial charge is 0.265 e. The van der Waals surface area contributed by atoms with Crippen molar-refractivity contribution in [3.05, 3.63) is 76.7 Å². The number of carbonyl (C=O) groups excluding carboxylic acids is 1. The van der Waals surface area contributed by atoms with Gasteiger partial charge in [-0.25, -0.2) is 9.97 Å². The van der Waals surface area contributed by atoms with Crippen molar-refractivity contribution < 1.29 is 9.53 Å². The molecule has 4 heterocycles. The molecule has 11 heteroatoms. The maximum atomic E-state index is 12.7. The lowest BCUT2D eigenvalue weighted by Gasteiger charge is -2.17. The minimum atomic E-state index is -0.204. The number of nitrogen functional groups attached to an aromatic ring is 1. The van der Waals surface area contributed by atoms with Gasteiger partial charge >= 0.3 is 0 Å². The molecule has 37 heavy (non-hydrogen) atoms. The first kappa shape index (κ1) is 24.9. The van der Waals surface area contributed by atoms with Crippen molar-refractivity contribution in [1.29, 1.82) is 0 Å². The molecule has 4 aromatic heterocycles. The number of nitrogens with zero attached hydrogens (tertiary/aromatic N) is 4. The summed E-state index contributed by atoms with van der Waals surface area (Å²) in [6, 6.07) is 17.0. The van der Waals surface area contributed by atoms with Crippen LogP contribution >= 0.6 is 22.7 Å². The highest BCUT2D eigenvalue weighted by molar-refractivity contribution is 7.19. The number of hydrogen-bond acceptors (Lipinski definition) is 9. The van der Waals surface area contributed by atoms with Crippen molar-refractivity contribution in [2.24, 2.45) is 0 Å². The number of pyridine rings is 1. The van der Waals surface area contributed by atoms with Crippen molar-refractivity contribution in [2.45, 2.75) is 6.54 Å². The van der Waals surface area contributed by atoms with Gasteiger partial charge in [0.1, 0.15) is 11.3 Å². The van der Waals surface area contributed by atoms with Crippen LogP contribution in [0.3, 0.4) is 0 Å². The molecule has 0 aliphatic heterocycles. The number of aromatic nitrogens is 3. The molecular formula is C26H27N7O2S2. The van der Waals surface area contributed by atoms with Gasteiger partial charge in [0.25, 0.3) is 5.91 Å². The van der Waals surface area contributed by atoms with Gasteiger partial charge in [0.05, 0.1) is 39.8 Å². The van der Waals surface area contributed by atoms with Gasteiger partial charge in [0, 0.05) is 31.3 Å². The van der Waals surface area contributed by atoms with E-state index in [0.29, 0.717) is 22.9 Å². The summed E-state index contributed by atoms with van der Waals surface area (Å²) in [7, 11) is 3.78. The number of imidazole rings is 1. The average Bonchev–Trinajstić information content (AvgIpc) is 3.64. The molecule has 0 atom stereocenters. The van der Waals surface area contributed by atoms with Gasteiger partial charge in [-0.05, 0) is 43.4 Å². The molecule has 4 N–H and O–H groups in total. The number of thiazole rings is 1. The summed E-state index contributed by atoms with van der Waals surface area (Å²) in [5.41, 5.74) is 10.8. The van der Waals surface area contributed by atoms with Crippen LogP contribution in [0.5, 0.6) is 0 Å². The topological polar surface area (TPSA) is 110 Å². The number of nitrogens with two attached hydrogens (primary N) is 1. The Morgan fingerprint density at radius 2 is 2.03 bits per heavy atom. The van der Waals surface area contributed by atoms with E-state index < -0.39 is 0 Å². The van der Waals surface area contributed by atoms with Crippen LogP contribution in [0, 0.1) is 0 Å². The number of para-hydroxylation sites is 2. The minimum Gasteiger partial charge on any atom is -0.397 e. The zero-order valence-electron chi connectivity index (χ0n) is 20.5. The number of thiophene rings is 1. The number of amides is 1. The Kier molecular flexibility index (Phi) is 7.47. The highest BCUT2D eigenvalue weighted by atomic mass is 32.1. The van der Waals surface area contributed by atoms with Crippen molar-refractivity contribution in [3.8, 4) is 11.4 Å². The maximum absolute atomic E-state index is 12.7. The Bertz CT molecular complexity index is 1520. The molecule has 0 bridgehead atoms. The standard InChI is InChI=1S/C26H27N7O2S2/c1-32(12-13-35-2)15-17-6-5-9-23-28-14-21(33(17)23)20-16-36-26(30-20)31-24-11-10-22(37-24)25(34)29-19-8-4-3-7-18(19)27/h3-11,14,16H,12-13,15,27H2,1-2H3,(H,29,34)(H,30,31). The summed E-state index contributed by atoms with van der Waals surface area (Å²) in [5, 5.41) is 9.76. The Morgan fingerprint density at radius 3 is 2.86 bits per heavy atom. The van der Waals surface area contributed by atoms with Crippen LogP contribution in [0.2, 0.25) is 0 Å². The number of carbonyl (C=O) groups is 1. The van der Waals surface area contributed by atoms with Gasteiger partial charge in [0.15, 0.2) is 5.13 Å². The van der Waals surface area contributed by atoms with Crippen molar-refractivity contribution in [2.75, 3.05) is 43.7 Å². The number of ether oxygens (including phenoxy) is 1. The summed E-state index contributed by atoms with van der Waals surface area (Å²) in [6.07, 6.45) is 1.86. The van der Waals surface area contributed by atoms with Crippen molar-refractivity contribution >= 4 is 55.7 Å².